The fourth-order valence-electron chi connectivity index (χ4n) is 4.29. The van der Waals surface area contributed by atoms with Gasteiger partial charge in [-0.3, -0.25) is 0 Å². The van der Waals surface area contributed by atoms with E-state index in [1.54, 1.807) is 16.7 Å². The minimum absolute atomic E-state index is 0.544. The van der Waals surface area contributed by atoms with Gasteiger partial charge >= 0.3 is 0 Å². The van der Waals surface area contributed by atoms with Gasteiger partial charge in [0.05, 0.1) is 0 Å². The molecule has 1 aliphatic heterocycles. The summed E-state index contributed by atoms with van der Waals surface area (Å²) >= 11 is 0. The fourth-order valence-corrected chi connectivity index (χ4v) is 4.29. The van der Waals surface area contributed by atoms with E-state index in [2.05, 4.69) is 57.3 Å². The van der Waals surface area contributed by atoms with E-state index in [9.17, 15) is 0 Å². The van der Waals surface area contributed by atoms with Crippen LogP contribution in [0, 0.1) is 5.92 Å². The minimum atomic E-state index is 0.544. The highest BCUT2D eigenvalue weighted by atomic mass is 15.0. The van der Waals surface area contributed by atoms with E-state index in [1.807, 2.05) is 0 Å². The van der Waals surface area contributed by atoms with E-state index in [4.69, 9.17) is 0 Å². The maximum atomic E-state index is 3.79. The first-order chi connectivity index (χ1) is 9.59. The van der Waals surface area contributed by atoms with Crippen LogP contribution in [-0.4, -0.2) is 6.04 Å². The van der Waals surface area contributed by atoms with Crippen molar-refractivity contribution in [1.29, 1.82) is 0 Å². The minimum Gasteiger partial charge on any atom is -0.381 e. The van der Waals surface area contributed by atoms with Crippen molar-refractivity contribution < 1.29 is 0 Å². The number of anilines is 1. The van der Waals surface area contributed by atoms with Crippen molar-refractivity contribution in [2.75, 3.05) is 5.32 Å². The number of nitrogens with one attached hydrogen (secondary N) is 1. The first kappa shape index (κ1) is 12.3. The summed E-state index contributed by atoms with van der Waals surface area (Å²) in [6, 6.07) is 9.57. The van der Waals surface area contributed by atoms with E-state index in [0.29, 0.717) is 17.9 Å². The molecule has 104 valence electrons. The van der Waals surface area contributed by atoms with Crippen LogP contribution < -0.4 is 5.32 Å². The molecular formula is C19H23N. The van der Waals surface area contributed by atoms with Gasteiger partial charge in [0.25, 0.3) is 0 Å². The molecule has 1 aliphatic carbocycles. The third kappa shape index (κ3) is 1.38. The molecule has 0 fully saturated rings. The maximum absolute atomic E-state index is 3.79. The summed E-state index contributed by atoms with van der Waals surface area (Å²) in [5.74, 6) is 2.03. The summed E-state index contributed by atoms with van der Waals surface area (Å²) < 4.78 is 0. The molecule has 2 aromatic rings. The van der Waals surface area contributed by atoms with E-state index in [-0.39, 0.29) is 0 Å². The number of hydrogen-bond donors (Lipinski definition) is 1. The van der Waals surface area contributed by atoms with Gasteiger partial charge in [0.1, 0.15) is 0 Å². The largest absolute Gasteiger partial charge is 0.381 e. The van der Waals surface area contributed by atoms with Gasteiger partial charge in [-0.05, 0) is 52.6 Å². The van der Waals surface area contributed by atoms with Crippen LogP contribution in [0.3, 0.4) is 0 Å². The number of rotatable bonds is 0. The second-order valence-electron chi connectivity index (χ2n) is 6.92. The lowest BCUT2D eigenvalue weighted by Gasteiger charge is -2.17. The zero-order chi connectivity index (χ0) is 14.0. The lowest BCUT2D eigenvalue weighted by molar-refractivity contribution is 0.533. The summed E-state index contributed by atoms with van der Waals surface area (Å²) in [4.78, 5) is 0. The van der Waals surface area contributed by atoms with Crippen LogP contribution in [0.15, 0.2) is 24.3 Å². The van der Waals surface area contributed by atoms with Crippen molar-refractivity contribution in [2.24, 2.45) is 5.92 Å². The van der Waals surface area contributed by atoms with Crippen LogP contribution in [0.25, 0.3) is 10.8 Å². The number of hydrogen-bond acceptors (Lipinski definition) is 1. The van der Waals surface area contributed by atoms with Gasteiger partial charge in [0.15, 0.2) is 0 Å². The van der Waals surface area contributed by atoms with E-state index < -0.39 is 0 Å². The van der Waals surface area contributed by atoms with E-state index >= 15 is 0 Å². The summed E-state index contributed by atoms with van der Waals surface area (Å²) in [5, 5.41) is 6.77. The smallest absolute Gasteiger partial charge is 0.0423 e. The van der Waals surface area contributed by atoms with Crippen LogP contribution in [0.2, 0.25) is 0 Å². The van der Waals surface area contributed by atoms with Gasteiger partial charge in [-0.25, -0.2) is 0 Å². The Morgan fingerprint density at radius 2 is 1.60 bits per heavy atom. The Bertz CT molecular complexity index is 700. The molecule has 0 spiro atoms. The van der Waals surface area contributed by atoms with Gasteiger partial charge in [0.2, 0.25) is 0 Å². The zero-order valence-corrected chi connectivity index (χ0v) is 12.8. The highest BCUT2D eigenvalue weighted by Crippen LogP contribution is 2.52. The molecule has 0 radical (unpaired) electrons. The third-order valence-electron chi connectivity index (χ3n) is 5.82. The van der Waals surface area contributed by atoms with E-state index in [0.717, 1.165) is 5.92 Å². The Morgan fingerprint density at radius 1 is 0.900 bits per heavy atom. The van der Waals surface area contributed by atoms with Crippen molar-refractivity contribution in [3.8, 4) is 0 Å². The summed E-state index contributed by atoms with van der Waals surface area (Å²) in [7, 11) is 0. The normalized spacial score (nSPS) is 31.2. The molecule has 2 aromatic carbocycles. The van der Waals surface area contributed by atoms with Gasteiger partial charge in [-0.1, -0.05) is 45.0 Å². The molecular weight excluding hydrogens is 242 g/mol. The third-order valence-corrected chi connectivity index (χ3v) is 5.82. The maximum Gasteiger partial charge on any atom is 0.0423 e. The van der Waals surface area contributed by atoms with Crippen molar-refractivity contribution in [1.82, 2.24) is 0 Å². The SMILES string of the molecule is C[C@@H]1Cc2c(c3c(c4ccccc24)[C@H](C)[C@H](C)N3)[C@@H]1C. The summed E-state index contributed by atoms with van der Waals surface area (Å²) in [5.41, 5.74) is 6.25. The van der Waals surface area contributed by atoms with Crippen LogP contribution >= 0.6 is 0 Å². The van der Waals surface area contributed by atoms with Crippen LogP contribution in [-0.2, 0) is 6.42 Å². The van der Waals surface area contributed by atoms with Gasteiger partial charge < -0.3 is 5.32 Å². The molecule has 1 heterocycles. The molecule has 0 amide bonds. The van der Waals surface area contributed by atoms with Crippen LogP contribution in [0.1, 0.15) is 56.2 Å². The van der Waals surface area contributed by atoms with Crippen molar-refractivity contribution >= 4 is 16.5 Å². The van der Waals surface area contributed by atoms with Gasteiger partial charge in [-0.2, -0.15) is 0 Å². The molecule has 1 N–H and O–H groups in total. The molecule has 1 nitrogen and oxygen atoms in total. The second kappa shape index (κ2) is 4.00. The molecule has 2 aliphatic rings. The lowest BCUT2D eigenvalue weighted by atomic mass is 9.87. The van der Waals surface area contributed by atoms with E-state index in [1.165, 1.54) is 22.9 Å². The lowest BCUT2D eigenvalue weighted by Crippen LogP contribution is -2.13. The fraction of sp³-hybridized carbons (Fsp3) is 0.474. The van der Waals surface area contributed by atoms with Crippen LogP contribution in [0.4, 0.5) is 5.69 Å². The van der Waals surface area contributed by atoms with Crippen molar-refractivity contribution in [3.05, 3.63) is 41.0 Å². The molecule has 20 heavy (non-hydrogen) atoms. The number of benzene rings is 2. The Labute approximate surface area is 121 Å². The monoisotopic (exact) mass is 265 g/mol. The summed E-state index contributed by atoms with van der Waals surface area (Å²) in [6.07, 6.45) is 1.23. The molecule has 0 aromatic heterocycles. The molecule has 0 bridgehead atoms. The van der Waals surface area contributed by atoms with Gasteiger partial charge in [0, 0.05) is 17.6 Å². The predicted molar refractivity (Wildman–Crippen MR) is 86.7 cm³/mol. The molecule has 4 rings (SSSR count). The Balaban J connectivity index is 2.14. The van der Waals surface area contributed by atoms with Crippen molar-refractivity contribution in [3.63, 3.8) is 0 Å². The Hall–Kier alpha value is -1.50. The Kier molecular flexibility index (Phi) is 2.45. The zero-order valence-electron chi connectivity index (χ0n) is 12.8. The quantitative estimate of drug-likeness (QED) is 0.702. The topological polar surface area (TPSA) is 12.0 Å². The second-order valence-corrected chi connectivity index (χ2v) is 6.92. The molecule has 0 saturated heterocycles. The average Bonchev–Trinajstić information content (AvgIpc) is 2.90. The average molecular weight is 265 g/mol. The molecule has 0 saturated carbocycles. The highest BCUT2D eigenvalue weighted by molar-refractivity contribution is 5.97. The van der Waals surface area contributed by atoms with Crippen molar-refractivity contribution in [2.45, 2.75) is 52.0 Å². The molecule has 4 atom stereocenters. The predicted octanol–water partition coefficient (Wildman–Crippen LogP) is 5.05. The standard InChI is InChI=1S/C19H23N/c1-10-9-16-14-7-5-6-8-15(14)18-12(3)13(4)20-19(18)17(16)11(10)2/h5-8,10-13,20H,9H2,1-4H3/t10-,11-,12-,13+/m1/s1. The molecule has 0 unspecified atom stereocenters. The highest BCUT2D eigenvalue weighted by Gasteiger charge is 2.37. The molecule has 1 heteroatoms. The first-order valence-electron chi connectivity index (χ1n) is 7.93. The van der Waals surface area contributed by atoms with Crippen LogP contribution in [0.5, 0.6) is 0 Å². The number of fused-ring (bicyclic) bond motifs is 6. The van der Waals surface area contributed by atoms with Gasteiger partial charge in [-0.15, -0.1) is 0 Å². The Morgan fingerprint density at radius 3 is 2.35 bits per heavy atom. The first-order valence-corrected chi connectivity index (χ1v) is 7.93. The summed E-state index contributed by atoms with van der Waals surface area (Å²) in [6.45, 7) is 9.48.